The van der Waals surface area contributed by atoms with Gasteiger partial charge in [0, 0.05) is 28.6 Å². The van der Waals surface area contributed by atoms with Crippen molar-refractivity contribution in [2.45, 2.75) is 39.7 Å². The fourth-order valence-corrected chi connectivity index (χ4v) is 3.58. The van der Waals surface area contributed by atoms with Gasteiger partial charge in [0.25, 0.3) is 0 Å². The largest absolute Gasteiger partial charge is 0.496 e. The Balaban J connectivity index is 1.66. The van der Waals surface area contributed by atoms with E-state index < -0.39 is 0 Å². The van der Waals surface area contributed by atoms with Crippen LogP contribution in [0.2, 0.25) is 0 Å². The van der Waals surface area contributed by atoms with E-state index in [-0.39, 0.29) is 11.9 Å². The van der Waals surface area contributed by atoms with Gasteiger partial charge in [0.2, 0.25) is 0 Å². The Morgan fingerprint density at radius 3 is 2.68 bits per heavy atom. The van der Waals surface area contributed by atoms with Crippen LogP contribution in [0.3, 0.4) is 0 Å². The zero-order valence-electron chi connectivity index (χ0n) is 18.0. The van der Waals surface area contributed by atoms with Crippen molar-refractivity contribution in [2.75, 3.05) is 7.11 Å². The molecule has 4 rings (SSSR count). The van der Waals surface area contributed by atoms with Crippen LogP contribution in [0.25, 0.3) is 16.8 Å². The molecule has 0 aliphatic heterocycles. The Hall–Kier alpha value is -3.55. The highest BCUT2D eigenvalue weighted by Gasteiger charge is 2.15. The standard InChI is InChI=1S/C23H24FN5O2/c1-14(2)31-23-25-12-19(15(3)27-23)17-10-8-16(29-13-26-28-22(17)29)9-11-18-20(24)6-5-7-21(18)30-4/h5-8,10,12-14H,9,11H2,1-4H3. The van der Waals surface area contributed by atoms with Gasteiger partial charge in [-0.15, -0.1) is 10.2 Å². The minimum absolute atomic E-state index is 0.000752. The molecule has 7 nitrogen and oxygen atoms in total. The lowest BCUT2D eigenvalue weighted by Gasteiger charge is -2.13. The van der Waals surface area contributed by atoms with Gasteiger partial charge < -0.3 is 9.47 Å². The number of rotatable bonds is 7. The molecule has 0 spiro atoms. The van der Waals surface area contributed by atoms with Crippen molar-refractivity contribution < 1.29 is 13.9 Å². The summed E-state index contributed by atoms with van der Waals surface area (Å²) < 4.78 is 27.1. The molecule has 0 atom stereocenters. The third kappa shape index (κ3) is 4.19. The van der Waals surface area contributed by atoms with Crippen LogP contribution >= 0.6 is 0 Å². The summed E-state index contributed by atoms with van der Waals surface area (Å²) in [5.74, 6) is 0.278. The van der Waals surface area contributed by atoms with E-state index in [1.54, 1.807) is 31.8 Å². The van der Waals surface area contributed by atoms with Crippen molar-refractivity contribution >= 4 is 5.65 Å². The monoisotopic (exact) mass is 421 g/mol. The molecule has 0 saturated heterocycles. The van der Waals surface area contributed by atoms with E-state index in [0.717, 1.165) is 22.5 Å². The lowest BCUT2D eigenvalue weighted by Crippen LogP contribution is -2.09. The van der Waals surface area contributed by atoms with Gasteiger partial charge in [-0.05, 0) is 57.9 Å². The molecule has 1 aromatic carbocycles. The molecule has 0 bridgehead atoms. The predicted molar refractivity (Wildman–Crippen MR) is 115 cm³/mol. The molecule has 0 N–H and O–H groups in total. The highest BCUT2D eigenvalue weighted by atomic mass is 19.1. The number of aryl methyl sites for hydroxylation is 2. The quantitative estimate of drug-likeness (QED) is 0.445. The highest BCUT2D eigenvalue weighted by molar-refractivity contribution is 5.78. The van der Waals surface area contributed by atoms with Crippen molar-refractivity contribution in [1.29, 1.82) is 0 Å². The number of aromatic nitrogens is 5. The van der Waals surface area contributed by atoms with Crippen molar-refractivity contribution in [3.05, 3.63) is 65.6 Å². The Morgan fingerprint density at radius 1 is 1.10 bits per heavy atom. The number of nitrogens with zero attached hydrogens (tertiary/aromatic N) is 5. The molecule has 3 aromatic heterocycles. The van der Waals surface area contributed by atoms with Crippen LogP contribution in [0.5, 0.6) is 11.8 Å². The Morgan fingerprint density at radius 2 is 1.94 bits per heavy atom. The topological polar surface area (TPSA) is 74.4 Å². The van der Waals surface area contributed by atoms with Crippen molar-refractivity contribution in [1.82, 2.24) is 24.6 Å². The van der Waals surface area contributed by atoms with Gasteiger partial charge in [-0.2, -0.15) is 4.98 Å². The maximum Gasteiger partial charge on any atom is 0.316 e. The van der Waals surface area contributed by atoms with E-state index in [2.05, 4.69) is 20.2 Å². The lowest BCUT2D eigenvalue weighted by molar-refractivity contribution is 0.221. The predicted octanol–water partition coefficient (Wildman–Crippen LogP) is 4.21. The van der Waals surface area contributed by atoms with Crippen LogP contribution in [-0.4, -0.2) is 37.8 Å². The molecule has 0 radical (unpaired) electrons. The van der Waals surface area contributed by atoms with Crippen molar-refractivity contribution in [2.24, 2.45) is 0 Å². The Bertz CT molecular complexity index is 1220. The first-order valence-corrected chi connectivity index (χ1v) is 10.1. The summed E-state index contributed by atoms with van der Waals surface area (Å²) in [5, 5.41) is 8.39. The third-order valence-electron chi connectivity index (χ3n) is 5.06. The van der Waals surface area contributed by atoms with Crippen LogP contribution in [0.1, 0.15) is 30.8 Å². The minimum Gasteiger partial charge on any atom is -0.496 e. The fraction of sp³-hybridized carbons (Fsp3) is 0.304. The zero-order valence-corrected chi connectivity index (χ0v) is 18.0. The summed E-state index contributed by atoms with van der Waals surface area (Å²) in [6, 6.07) is 9.19. The summed E-state index contributed by atoms with van der Waals surface area (Å²) in [7, 11) is 1.55. The Kier molecular flexibility index (Phi) is 5.79. The molecule has 0 aliphatic carbocycles. The first kappa shape index (κ1) is 20.7. The zero-order chi connectivity index (χ0) is 22.0. The number of methoxy groups -OCH3 is 1. The number of hydrogen-bond acceptors (Lipinski definition) is 6. The van der Waals surface area contributed by atoms with Crippen LogP contribution in [0, 0.1) is 12.7 Å². The summed E-state index contributed by atoms with van der Waals surface area (Å²) >= 11 is 0. The van der Waals surface area contributed by atoms with Gasteiger partial charge in [0.1, 0.15) is 17.9 Å². The SMILES string of the molecule is COc1cccc(F)c1CCc1ccc(-c2cnc(OC(C)C)nc2C)c2nncn12. The van der Waals surface area contributed by atoms with Crippen LogP contribution < -0.4 is 9.47 Å². The average Bonchev–Trinajstić information content (AvgIpc) is 3.23. The van der Waals surface area contributed by atoms with E-state index in [1.807, 2.05) is 37.3 Å². The highest BCUT2D eigenvalue weighted by Crippen LogP contribution is 2.28. The van der Waals surface area contributed by atoms with Gasteiger partial charge in [-0.3, -0.25) is 4.40 Å². The van der Waals surface area contributed by atoms with Crippen LogP contribution in [0.15, 0.2) is 42.9 Å². The summed E-state index contributed by atoms with van der Waals surface area (Å²) in [4.78, 5) is 8.79. The van der Waals surface area contributed by atoms with Gasteiger partial charge in [-0.1, -0.05) is 6.07 Å². The van der Waals surface area contributed by atoms with Crippen molar-refractivity contribution in [3.8, 4) is 22.9 Å². The van der Waals surface area contributed by atoms with Gasteiger partial charge in [0.15, 0.2) is 5.65 Å². The molecule has 8 heteroatoms. The number of halogens is 1. The molecule has 31 heavy (non-hydrogen) atoms. The first-order valence-electron chi connectivity index (χ1n) is 10.1. The smallest absolute Gasteiger partial charge is 0.316 e. The molecule has 0 unspecified atom stereocenters. The number of fused-ring (bicyclic) bond motifs is 1. The molecular weight excluding hydrogens is 397 g/mol. The van der Waals surface area contributed by atoms with E-state index in [4.69, 9.17) is 9.47 Å². The molecule has 0 amide bonds. The van der Waals surface area contributed by atoms with E-state index in [9.17, 15) is 4.39 Å². The van der Waals surface area contributed by atoms with Crippen molar-refractivity contribution in [3.63, 3.8) is 0 Å². The minimum atomic E-state index is -0.271. The van der Waals surface area contributed by atoms with Crippen LogP contribution in [-0.2, 0) is 12.8 Å². The molecule has 0 saturated carbocycles. The third-order valence-corrected chi connectivity index (χ3v) is 5.06. The second-order valence-corrected chi connectivity index (χ2v) is 7.50. The summed E-state index contributed by atoms with van der Waals surface area (Å²) in [6.45, 7) is 5.78. The first-order chi connectivity index (χ1) is 15.0. The van der Waals surface area contributed by atoms with Gasteiger partial charge >= 0.3 is 6.01 Å². The van der Waals surface area contributed by atoms with E-state index >= 15 is 0 Å². The van der Waals surface area contributed by atoms with E-state index in [1.165, 1.54) is 6.07 Å². The molecule has 0 fully saturated rings. The maximum atomic E-state index is 14.3. The summed E-state index contributed by atoms with van der Waals surface area (Å²) in [6.07, 6.45) is 4.50. The van der Waals surface area contributed by atoms with E-state index in [0.29, 0.717) is 35.8 Å². The normalized spacial score (nSPS) is 11.3. The second kappa shape index (κ2) is 8.67. The molecule has 3 heterocycles. The molecule has 0 aliphatic rings. The number of pyridine rings is 1. The van der Waals surface area contributed by atoms with Gasteiger partial charge in [-0.25, -0.2) is 9.37 Å². The number of hydrogen-bond donors (Lipinski definition) is 0. The average molecular weight is 421 g/mol. The molecule has 4 aromatic rings. The molecule has 160 valence electrons. The molecular formula is C23H24FN5O2. The van der Waals surface area contributed by atoms with Crippen LogP contribution in [0.4, 0.5) is 4.39 Å². The second-order valence-electron chi connectivity index (χ2n) is 7.50. The number of ether oxygens (including phenoxy) is 2. The summed E-state index contributed by atoms with van der Waals surface area (Å²) in [5.41, 5.74) is 4.74. The lowest BCUT2D eigenvalue weighted by atomic mass is 10.0. The fourth-order valence-electron chi connectivity index (χ4n) is 3.58. The van der Waals surface area contributed by atoms with Gasteiger partial charge in [0.05, 0.1) is 18.9 Å². The number of benzene rings is 1. The maximum absolute atomic E-state index is 14.3. The Labute approximate surface area is 179 Å².